The van der Waals surface area contributed by atoms with E-state index in [1.165, 1.54) is 40.5 Å². The van der Waals surface area contributed by atoms with Gasteiger partial charge in [-0.2, -0.15) is 0 Å². The average molecular weight is 1250 g/mol. The van der Waals surface area contributed by atoms with E-state index in [1.54, 1.807) is 11.8 Å². The van der Waals surface area contributed by atoms with Crippen molar-refractivity contribution in [3.63, 3.8) is 0 Å². The SMILES string of the molecule is C#C[C@]1(O)CC[C@H]2[C@@H]3CCc4cc(O)ccc4[C@H]3CC[C@@]21C.CC(=O)[C@]1(O)Cc2c(O)c3c(c(O)c2[C@@H](O[C@H]2C[C@H](N)[C@H](O)[C@H](C)O2)C1)C(=O)c1c(O)cccc1C3=O.C[C@]12CC[C@@H]3c4ccc(OC(=O)N(CCCl)CCCl)cc4CC[C@H]3[C@@H]1CC[C@@H]2O. The molecule has 4 aromatic carbocycles. The topological polar surface area (TPSA) is 287 Å². The van der Waals surface area contributed by atoms with Crippen LogP contribution in [0, 0.1) is 46.8 Å². The van der Waals surface area contributed by atoms with E-state index in [0.717, 1.165) is 84.0 Å². The number of hydrogen-bond acceptors (Lipinski definition) is 16. The lowest BCUT2D eigenvalue weighted by molar-refractivity contribution is -0.247. The second-order valence-electron chi connectivity index (χ2n) is 26.9. The summed E-state index contributed by atoms with van der Waals surface area (Å²) in [5, 5.41) is 85.3. The van der Waals surface area contributed by atoms with Crippen molar-refractivity contribution >= 4 is 46.6 Å². The smallest absolute Gasteiger partial charge is 0.415 e. The maximum atomic E-state index is 13.4. The molecule has 0 spiro atoms. The molecule has 1 aliphatic heterocycles. The molecule has 9 aliphatic rings. The number of Topliss-reactive ketones (excluding diaryl/α,β-unsaturated/α-hetero) is 1. The lowest BCUT2D eigenvalue weighted by atomic mass is 9.53. The molecule has 1 amide bonds. The zero-order valence-electron chi connectivity index (χ0n) is 50.4. The minimum absolute atomic E-state index is 0.0478. The van der Waals surface area contributed by atoms with E-state index in [0.29, 0.717) is 71.9 Å². The Balaban J connectivity index is 0.000000141. The van der Waals surface area contributed by atoms with Crippen molar-refractivity contribution in [2.45, 2.75) is 184 Å². The zero-order valence-corrected chi connectivity index (χ0v) is 51.9. The van der Waals surface area contributed by atoms with Gasteiger partial charge in [-0.25, -0.2) is 4.79 Å². The Kier molecular flexibility index (Phi) is 17.7. The van der Waals surface area contributed by atoms with Gasteiger partial charge in [0.1, 0.15) is 39.9 Å². The molecule has 1 saturated heterocycles. The molecule has 0 bridgehead atoms. The summed E-state index contributed by atoms with van der Waals surface area (Å²) in [5.74, 6) is 3.85. The number of carbonyl (C=O) groups is 4. The fourth-order valence-corrected chi connectivity index (χ4v) is 18.0. The number of rotatable bonds is 8. The summed E-state index contributed by atoms with van der Waals surface area (Å²) < 4.78 is 17.3. The molecule has 1 heterocycles. The fourth-order valence-electron chi connectivity index (χ4n) is 17.6. The number of carbonyl (C=O) groups excluding carboxylic acids is 4. The number of aliphatic hydroxyl groups excluding tert-OH is 2. The number of terminal acetylenes is 1. The number of nitrogens with two attached hydrogens (primary N) is 1. The molecule has 0 unspecified atom stereocenters. The van der Waals surface area contributed by atoms with E-state index in [1.807, 2.05) is 24.3 Å². The number of benzene rings is 4. The molecular weight excluding hydrogens is 1170 g/mol. The van der Waals surface area contributed by atoms with Gasteiger partial charge in [-0.15, -0.1) is 29.6 Å². The number of ether oxygens (including phenoxy) is 3. The largest absolute Gasteiger partial charge is 0.508 e. The van der Waals surface area contributed by atoms with Crippen molar-refractivity contribution in [3.8, 4) is 41.1 Å². The summed E-state index contributed by atoms with van der Waals surface area (Å²) in [6.07, 6.45) is 13.1. The first-order chi connectivity index (χ1) is 41.8. The summed E-state index contributed by atoms with van der Waals surface area (Å²) in [7, 11) is 0. The minimum atomic E-state index is -2.02. The van der Waals surface area contributed by atoms with Crippen LogP contribution in [0.3, 0.4) is 0 Å². The van der Waals surface area contributed by atoms with E-state index >= 15 is 0 Å². The monoisotopic (exact) mass is 1250 g/mol. The molecule has 10 N–H and O–H groups in total. The maximum Gasteiger partial charge on any atom is 0.415 e. The highest BCUT2D eigenvalue weighted by Crippen LogP contribution is 2.65. The molecule has 19 heteroatoms. The van der Waals surface area contributed by atoms with Crippen LogP contribution in [0.15, 0.2) is 54.6 Å². The molecule has 16 atom stereocenters. The quantitative estimate of drug-likeness (QED) is 0.0397. The van der Waals surface area contributed by atoms with E-state index in [2.05, 4.69) is 31.9 Å². The van der Waals surface area contributed by atoms with E-state index in [9.17, 15) is 60.0 Å². The van der Waals surface area contributed by atoms with Gasteiger partial charge in [-0.05, 0) is 184 Å². The van der Waals surface area contributed by atoms with E-state index < -0.39 is 100 Å². The van der Waals surface area contributed by atoms with Crippen LogP contribution in [0.1, 0.15) is 188 Å². The number of ketones is 3. The van der Waals surface area contributed by atoms with Gasteiger partial charge in [-0.3, -0.25) is 14.4 Å². The summed E-state index contributed by atoms with van der Waals surface area (Å²) in [6, 6.07) is 15.2. The first-order valence-electron chi connectivity index (χ1n) is 31.2. The Morgan fingerprint density at radius 3 is 2.10 bits per heavy atom. The Bertz CT molecular complexity index is 3440. The normalized spacial score (nSPS) is 34.5. The molecule has 5 fully saturated rings. The number of hydrogen-bond donors (Lipinski definition) is 9. The molecule has 88 heavy (non-hydrogen) atoms. The third kappa shape index (κ3) is 10.9. The highest BCUT2D eigenvalue weighted by molar-refractivity contribution is 6.31. The van der Waals surface area contributed by atoms with Crippen LogP contribution in [-0.4, -0.2) is 136 Å². The van der Waals surface area contributed by atoms with Gasteiger partial charge in [-0.1, -0.05) is 44.0 Å². The predicted octanol–water partition coefficient (Wildman–Crippen LogP) is 9.52. The molecule has 4 saturated carbocycles. The number of phenolic OH excluding ortho intramolecular Hbond substituents is 4. The number of aryl methyl sites for hydroxylation is 2. The van der Waals surface area contributed by atoms with Crippen molar-refractivity contribution in [1.82, 2.24) is 4.90 Å². The molecule has 0 radical (unpaired) electrons. The van der Waals surface area contributed by atoms with Gasteiger partial charge in [0.05, 0.1) is 41.1 Å². The Morgan fingerprint density at radius 2 is 1.44 bits per heavy atom. The first kappa shape index (κ1) is 63.8. The van der Waals surface area contributed by atoms with Gasteiger partial charge in [0, 0.05) is 72.3 Å². The molecule has 0 aromatic heterocycles. The lowest BCUT2D eigenvalue weighted by Crippen LogP contribution is -2.52. The molecule has 4 aromatic rings. The number of alkyl halides is 2. The van der Waals surface area contributed by atoms with Gasteiger partial charge in [0.25, 0.3) is 0 Å². The van der Waals surface area contributed by atoms with Crippen LogP contribution in [0.2, 0.25) is 0 Å². The number of fused-ring (bicyclic) bond motifs is 13. The Hall–Kier alpha value is -5.78. The van der Waals surface area contributed by atoms with Crippen LogP contribution < -0.4 is 10.5 Å². The molecule has 472 valence electrons. The van der Waals surface area contributed by atoms with E-state index in [4.69, 9.17) is 49.6 Å². The van der Waals surface area contributed by atoms with Crippen LogP contribution in [0.25, 0.3) is 0 Å². The summed E-state index contributed by atoms with van der Waals surface area (Å²) in [5.41, 5.74) is 6.81. The predicted molar refractivity (Wildman–Crippen MR) is 328 cm³/mol. The number of halogens is 2. The minimum Gasteiger partial charge on any atom is -0.508 e. The van der Waals surface area contributed by atoms with Crippen molar-refractivity contribution in [2.24, 2.45) is 40.2 Å². The second-order valence-corrected chi connectivity index (χ2v) is 27.7. The molecule has 13 rings (SSSR count). The molecule has 8 aliphatic carbocycles. The Labute approximate surface area is 523 Å². The van der Waals surface area contributed by atoms with Gasteiger partial charge < -0.3 is 65.7 Å². The lowest BCUT2D eigenvalue weighted by Gasteiger charge is -2.52. The highest BCUT2D eigenvalue weighted by Gasteiger charge is 2.61. The van der Waals surface area contributed by atoms with Gasteiger partial charge in [0.2, 0.25) is 5.78 Å². The second kappa shape index (κ2) is 24.4. The highest BCUT2D eigenvalue weighted by atomic mass is 35.5. The third-order valence-corrected chi connectivity index (χ3v) is 22.9. The van der Waals surface area contributed by atoms with Crippen LogP contribution >= 0.6 is 23.2 Å². The number of aliphatic hydroxyl groups is 4. The van der Waals surface area contributed by atoms with Crippen LogP contribution in [0.4, 0.5) is 4.79 Å². The number of nitrogens with zero attached hydrogens (tertiary/aromatic N) is 1. The van der Waals surface area contributed by atoms with Crippen molar-refractivity contribution < 1.29 is 74.2 Å². The number of amides is 1. The van der Waals surface area contributed by atoms with E-state index in [-0.39, 0.29) is 52.0 Å². The first-order valence-corrected chi connectivity index (χ1v) is 32.3. The summed E-state index contributed by atoms with van der Waals surface area (Å²) >= 11 is 11.6. The van der Waals surface area contributed by atoms with Crippen molar-refractivity contribution in [2.75, 3.05) is 24.8 Å². The molecular formula is C69H82Cl2N2O15. The van der Waals surface area contributed by atoms with Gasteiger partial charge >= 0.3 is 6.09 Å². The van der Waals surface area contributed by atoms with Crippen molar-refractivity contribution in [3.05, 3.63) is 110 Å². The molecule has 17 nitrogen and oxygen atoms in total. The van der Waals surface area contributed by atoms with Crippen LogP contribution in [-0.2, 0) is 33.5 Å². The standard InChI is InChI=1S/C26H27NO10.C23H31Cl2NO3.C20H24O2/c1-9-21(30)13(27)6-16(36-9)37-15-8-26(35,10(2)28)7-12-18(15)25(34)20-19(23(12)32)22(31)11-4-3-5-14(29)17(11)24(20)33;1-23-9-8-18-17-5-3-16(29-22(28)26(12-10-24)13-11-25)14-15(17)2-4-19(18)20(23)6-7-21(23)27;1-3-20(22)11-9-18-17-6-4-13-12-14(21)5-7-15(13)16(17)8-10-19(18,20)2/h3-5,9,13,15-16,21,29-30,32,34-35H,6-8,27H2,1-2H3;3,5,14,18-21,27H,2,4,6-13H2,1H3;1,5,7,12,16-18,21-22H,4,6,8-11H2,2H3/t9-,13-,15-,16-,21+,26-;18-,19-,20+,21+,23+;16-,17-,18+,19+,20+/m011/s1. The third-order valence-electron chi connectivity index (χ3n) is 22.5. The van der Waals surface area contributed by atoms with Gasteiger partial charge in [0.15, 0.2) is 17.9 Å². The number of phenols is 4. The zero-order chi connectivity index (χ0) is 63.1. The van der Waals surface area contributed by atoms with Crippen molar-refractivity contribution in [1.29, 1.82) is 0 Å². The summed E-state index contributed by atoms with van der Waals surface area (Å²) in [6.45, 7) is 8.12. The maximum absolute atomic E-state index is 13.4. The van der Waals surface area contributed by atoms with Crippen LogP contribution in [0.5, 0.6) is 28.7 Å². The Morgan fingerprint density at radius 1 is 0.795 bits per heavy atom. The fraction of sp³-hybridized carbons (Fsp3) is 0.565. The number of aromatic hydroxyl groups is 4. The summed E-state index contributed by atoms with van der Waals surface area (Å²) in [4.78, 5) is 53.1. The average Bonchev–Trinajstić information content (AvgIpc) is 1.34.